The molecule has 0 radical (unpaired) electrons. The first-order chi connectivity index (χ1) is 12.7. The van der Waals surface area contributed by atoms with E-state index in [0.717, 1.165) is 39.3 Å². The molecule has 8 heteroatoms. The maximum atomic E-state index is 11.3. The first-order valence-corrected chi connectivity index (χ1v) is 8.61. The fraction of sp³-hybridized carbons (Fsp3) is 0.500. The van der Waals surface area contributed by atoms with Gasteiger partial charge in [-0.2, -0.15) is 0 Å². The van der Waals surface area contributed by atoms with Crippen LogP contribution in [0.1, 0.15) is 13.3 Å². The number of hydrogen-bond donors (Lipinski definition) is 0. The number of aromatic nitrogens is 2. The molecule has 0 N–H and O–H groups in total. The molecule has 2 aromatic rings. The number of nitrogens with zero attached hydrogens (tertiary/aromatic N) is 3. The van der Waals surface area contributed by atoms with Crippen LogP contribution in [0.3, 0.4) is 0 Å². The molecule has 140 valence electrons. The number of fused-ring (bicyclic) bond motifs is 1. The van der Waals surface area contributed by atoms with Crippen LogP contribution >= 0.6 is 0 Å². The molecule has 1 aliphatic heterocycles. The minimum absolute atomic E-state index is 0.320. The van der Waals surface area contributed by atoms with Gasteiger partial charge in [-0.1, -0.05) is 0 Å². The molecule has 26 heavy (non-hydrogen) atoms. The monoisotopic (exact) mass is 361 g/mol. The molecule has 1 fully saturated rings. The lowest BCUT2D eigenvalue weighted by Gasteiger charge is -2.26. The van der Waals surface area contributed by atoms with Crippen molar-refractivity contribution in [2.24, 2.45) is 0 Å². The van der Waals surface area contributed by atoms with Gasteiger partial charge in [0.05, 0.1) is 37.8 Å². The highest BCUT2D eigenvalue weighted by Gasteiger charge is 2.14. The third kappa shape index (κ3) is 4.59. The Labute approximate surface area is 152 Å². The fourth-order valence-corrected chi connectivity index (χ4v) is 2.83. The number of methoxy groups -OCH3 is 1. The number of ether oxygens (including phenoxy) is 4. The van der Waals surface area contributed by atoms with Crippen molar-refractivity contribution in [2.75, 3.05) is 46.6 Å². The summed E-state index contributed by atoms with van der Waals surface area (Å²) in [5.41, 5.74) is 0.663. The molecule has 0 aliphatic carbocycles. The average Bonchev–Trinajstić information content (AvgIpc) is 2.65. The summed E-state index contributed by atoms with van der Waals surface area (Å²) in [6.45, 7) is 6.34. The Morgan fingerprint density at radius 2 is 2.04 bits per heavy atom. The van der Waals surface area contributed by atoms with Gasteiger partial charge in [0.2, 0.25) is 5.88 Å². The van der Waals surface area contributed by atoms with Crippen molar-refractivity contribution in [1.29, 1.82) is 0 Å². The van der Waals surface area contributed by atoms with Gasteiger partial charge in [-0.3, -0.25) is 9.69 Å². The van der Waals surface area contributed by atoms with E-state index in [1.807, 2.05) is 0 Å². The molecule has 0 amide bonds. The normalized spacial score (nSPS) is 15.0. The van der Waals surface area contributed by atoms with E-state index in [-0.39, 0.29) is 0 Å². The van der Waals surface area contributed by atoms with E-state index < -0.39 is 5.97 Å². The molecule has 1 saturated heterocycles. The summed E-state index contributed by atoms with van der Waals surface area (Å²) < 4.78 is 21.7. The van der Waals surface area contributed by atoms with Crippen LogP contribution in [0, 0.1) is 0 Å². The number of benzene rings is 1. The van der Waals surface area contributed by atoms with Gasteiger partial charge >= 0.3 is 5.97 Å². The van der Waals surface area contributed by atoms with E-state index in [2.05, 4.69) is 14.9 Å². The summed E-state index contributed by atoms with van der Waals surface area (Å²) in [6, 6.07) is 3.38. The number of esters is 1. The van der Waals surface area contributed by atoms with Crippen LogP contribution in [-0.4, -0.2) is 67.4 Å². The van der Waals surface area contributed by atoms with Crippen LogP contribution in [-0.2, 0) is 9.53 Å². The van der Waals surface area contributed by atoms with Crippen molar-refractivity contribution >= 4 is 16.9 Å². The maximum absolute atomic E-state index is 11.3. The average molecular weight is 361 g/mol. The minimum atomic E-state index is -0.424. The van der Waals surface area contributed by atoms with E-state index in [4.69, 9.17) is 18.9 Å². The van der Waals surface area contributed by atoms with Crippen molar-refractivity contribution in [2.45, 2.75) is 13.3 Å². The predicted octanol–water partition coefficient (Wildman–Crippen LogP) is 1.66. The third-order valence-electron chi connectivity index (χ3n) is 4.10. The highest BCUT2D eigenvalue weighted by molar-refractivity contribution is 5.87. The van der Waals surface area contributed by atoms with Crippen LogP contribution < -0.4 is 14.2 Å². The van der Waals surface area contributed by atoms with Gasteiger partial charge in [-0.05, 0) is 12.5 Å². The van der Waals surface area contributed by atoms with Crippen molar-refractivity contribution in [1.82, 2.24) is 14.9 Å². The zero-order valence-electron chi connectivity index (χ0n) is 15.1. The topological polar surface area (TPSA) is 83.0 Å². The van der Waals surface area contributed by atoms with E-state index in [0.29, 0.717) is 34.9 Å². The van der Waals surface area contributed by atoms with Crippen LogP contribution in [0.4, 0.5) is 0 Å². The number of morpholine rings is 1. The van der Waals surface area contributed by atoms with Gasteiger partial charge in [0.25, 0.3) is 0 Å². The van der Waals surface area contributed by atoms with E-state index in [1.54, 1.807) is 12.1 Å². The molecule has 0 unspecified atom stereocenters. The highest BCUT2D eigenvalue weighted by Crippen LogP contribution is 2.34. The molecule has 8 nitrogen and oxygen atoms in total. The second kappa shape index (κ2) is 8.77. The first-order valence-electron chi connectivity index (χ1n) is 8.61. The molecule has 1 aromatic carbocycles. The van der Waals surface area contributed by atoms with Crippen LogP contribution in [0.2, 0.25) is 0 Å². The molecule has 0 atom stereocenters. The summed E-state index contributed by atoms with van der Waals surface area (Å²) in [4.78, 5) is 22.1. The number of carbonyl (C=O) groups excluding carboxylic acids is 1. The zero-order valence-corrected chi connectivity index (χ0v) is 15.1. The van der Waals surface area contributed by atoms with E-state index >= 15 is 0 Å². The van der Waals surface area contributed by atoms with Crippen molar-refractivity contribution in [3.05, 3.63) is 18.5 Å². The predicted molar refractivity (Wildman–Crippen MR) is 94.8 cm³/mol. The molecular formula is C18H23N3O5. The second-order valence-electron chi connectivity index (χ2n) is 5.95. The summed E-state index contributed by atoms with van der Waals surface area (Å²) >= 11 is 0. The van der Waals surface area contributed by atoms with Gasteiger partial charge in [-0.25, -0.2) is 9.97 Å². The Morgan fingerprint density at radius 3 is 2.77 bits per heavy atom. The zero-order chi connectivity index (χ0) is 18.4. The van der Waals surface area contributed by atoms with Gasteiger partial charge in [0.1, 0.15) is 6.33 Å². The minimum Gasteiger partial charge on any atom is -0.493 e. The number of rotatable bonds is 7. The molecule has 3 rings (SSSR count). The molecule has 0 bridgehead atoms. The lowest BCUT2D eigenvalue weighted by atomic mass is 10.2. The smallest absolute Gasteiger partial charge is 0.308 e. The largest absolute Gasteiger partial charge is 0.493 e. The Bertz CT molecular complexity index is 762. The van der Waals surface area contributed by atoms with E-state index in [1.165, 1.54) is 20.4 Å². The molecule has 0 spiro atoms. The van der Waals surface area contributed by atoms with Crippen LogP contribution in [0.25, 0.3) is 10.9 Å². The third-order valence-corrected chi connectivity index (χ3v) is 4.10. The molecule has 1 aliphatic rings. The number of carbonyl (C=O) groups is 1. The highest BCUT2D eigenvalue weighted by atomic mass is 16.6. The van der Waals surface area contributed by atoms with E-state index in [9.17, 15) is 4.79 Å². The summed E-state index contributed by atoms with van der Waals surface area (Å²) in [5, 5.41) is 0.677. The lowest BCUT2D eigenvalue weighted by molar-refractivity contribution is -0.132. The van der Waals surface area contributed by atoms with Gasteiger partial charge < -0.3 is 18.9 Å². The van der Waals surface area contributed by atoms with Crippen LogP contribution in [0.15, 0.2) is 18.5 Å². The summed E-state index contributed by atoms with van der Waals surface area (Å²) in [7, 11) is 1.51. The SMILES string of the molecule is COc1cc2ncnc(OCCCN3CCOCC3)c2cc1OC(C)=O. The second-order valence-corrected chi connectivity index (χ2v) is 5.95. The van der Waals surface area contributed by atoms with Crippen molar-refractivity contribution in [3.8, 4) is 17.4 Å². The van der Waals surface area contributed by atoms with Crippen molar-refractivity contribution < 1.29 is 23.7 Å². The molecular weight excluding hydrogens is 338 g/mol. The fourth-order valence-electron chi connectivity index (χ4n) is 2.83. The molecule has 0 saturated carbocycles. The Hall–Kier alpha value is -2.45. The first kappa shape index (κ1) is 18.3. The lowest BCUT2D eigenvalue weighted by Crippen LogP contribution is -2.37. The molecule has 1 aromatic heterocycles. The Morgan fingerprint density at radius 1 is 1.23 bits per heavy atom. The van der Waals surface area contributed by atoms with Gasteiger partial charge in [-0.15, -0.1) is 0 Å². The Kier molecular flexibility index (Phi) is 6.19. The molecule has 2 heterocycles. The standard InChI is InChI=1S/C18H23N3O5/c1-13(22)26-17-10-14-15(11-16(17)23-2)19-12-20-18(14)25-7-3-4-21-5-8-24-9-6-21/h10-12H,3-9H2,1-2H3. The van der Waals surface area contributed by atoms with Crippen molar-refractivity contribution in [3.63, 3.8) is 0 Å². The summed E-state index contributed by atoms with van der Waals surface area (Å²) in [5.74, 6) is 0.797. The maximum Gasteiger partial charge on any atom is 0.308 e. The van der Waals surface area contributed by atoms with Gasteiger partial charge in [0.15, 0.2) is 11.5 Å². The van der Waals surface area contributed by atoms with Gasteiger partial charge in [0, 0.05) is 32.6 Å². The number of hydrogen-bond acceptors (Lipinski definition) is 8. The van der Waals surface area contributed by atoms with Crippen LogP contribution in [0.5, 0.6) is 17.4 Å². The summed E-state index contributed by atoms with van der Waals surface area (Å²) in [6.07, 6.45) is 2.34. The quantitative estimate of drug-likeness (QED) is 0.418. The Balaban J connectivity index is 1.69.